The fourth-order valence-electron chi connectivity index (χ4n) is 1.84. The van der Waals surface area contributed by atoms with Crippen LogP contribution in [0.4, 0.5) is 0 Å². The van der Waals surface area contributed by atoms with Crippen molar-refractivity contribution in [1.29, 1.82) is 0 Å². The number of hydrogen-bond acceptors (Lipinski definition) is 4. The number of rotatable bonds is 8. The third-order valence-electron chi connectivity index (χ3n) is 2.57. The summed E-state index contributed by atoms with van der Waals surface area (Å²) in [4.78, 5) is 2.07. The first-order valence-corrected chi connectivity index (χ1v) is 6.23. The number of benzene rings is 1. The number of aliphatic hydroxyl groups excluding tert-OH is 1. The van der Waals surface area contributed by atoms with Crippen LogP contribution in [0, 0.1) is 0 Å². The van der Waals surface area contributed by atoms with Crippen LogP contribution in [-0.4, -0.2) is 50.0 Å². The van der Waals surface area contributed by atoms with Crippen molar-refractivity contribution in [2.24, 2.45) is 0 Å². The van der Waals surface area contributed by atoms with Crippen LogP contribution in [0.5, 0.6) is 5.75 Å². The summed E-state index contributed by atoms with van der Waals surface area (Å²) < 4.78 is 10.3. The van der Waals surface area contributed by atoms with Crippen molar-refractivity contribution in [2.45, 2.75) is 19.6 Å². The monoisotopic (exact) mass is 253 g/mol. The largest absolute Gasteiger partial charge is 0.494 e. The number of ether oxygens (including phenoxy) is 2. The van der Waals surface area contributed by atoms with Crippen LogP contribution >= 0.6 is 0 Å². The van der Waals surface area contributed by atoms with Crippen molar-refractivity contribution in [3.8, 4) is 5.75 Å². The number of methoxy groups -OCH3 is 1. The molecule has 1 N–H and O–H groups in total. The Kier molecular flexibility index (Phi) is 6.72. The highest BCUT2D eigenvalue weighted by atomic mass is 16.5. The first-order valence-electron chi connectivity index (χ1n) is 6.23. The van der Waals surface area contributed by atoms with Crippen LogP contribution in [0.1, 0.15) is 12.5 Å². The lowest BCUT2D eigenvalue weighted by Gasteiger charge is -2.20. The van der Waals surface area contributed by atoms with Crippen LogP contribution in [0.2, 0.25) is 0 Å². The van der Waals surface area contributed by atoms with Crippen molar-refractivity contribution in [1.82, 2.24) is 4.90 Å². The fraction of sp³-hybridized carbons (Fsp3) is 0.571. The molecule has 4 nitrogen and oxygen atoms in total. The zero-order chi connectivity index (χ0) is 13.4. The van der Waals surface area contributed by atoms with Crippen LogP contribution in [0.25, 0.3) is 0 Å². The molecule has 0 aromatic heterocycles. The summed E-state index contributed by atoms with van der Waals surface area (Å²) in [5.74, 6) is 0.892. The van der Waals surface area contributed by atoms with Crippen molar-refractivity contribution in [3.63, 3.8) is 0 Å². The Morgan fingerprint density at radius 2 is 1.94 bits per heavy atom. The van der Waals surface area contributed by atoms with Crippen molar-refractivity contribution in [3.05, 3.63) is 29.8 Å². The van der Waals surface area contributed by atoms with Crippen LogP contribution in [0.3, 0.4) is 0 Å². The molecule has 1 unspecified atom stereocenters. The fourth-order valence-corrected chi connectivity index (χ4v) is 1.84. The summed E-state index contributed by atoms with van der Waals surface area (Å²) in [5.41, 5.74) is 1.20. The summed E-state index contributed by atoms with van der Waals surface area (Å²) in [6, 6.07) is 8.03. The van der Waals surface area contributed by atoms with Gasteiger partial charge in [0.2, 0.25) is 0 Å². The summed E-state index contributed by atoms with van der Waals surface area (Å²) in [6.07, 6.45) is -0.442. The van der Waals surface area contributed by atoms with E-state index in [9.17, 15) is 5.11 Å². The van der Waals surface area contributed by atoms with Crippen LogP contribution in [0.15, 0.2) is 24.3 Å². The average Bonchev–Trinajstić information content (AvgIpc) is 2.32. The highest BCUT2D eigenvalue weighted by Gasteiger charge is 2.08. The van der Waals surface area contributed by atoms with E-state index in [1.807, 2.05) is 38.2 Å². The lowest BCUT2D eigenvalue weighted by Crippen LogP contribution is -2.31. The van der Waals surface area contributed by atoms with Crippen molar-refractivity contribution < 1.29 is 14.6 Å². The molecule has 4 heteroatoms. The maximum absolute atomic E-state index is 9.63. The highest BCUT2D eigenvalue weighted by Crippen LogP contribution is 2.13. The number of aliphatic hydroxyl groups is 1. The molecule has 1 rings (SSSR count). The Bertz CT molecular complexity index is 326. The molecular formula is C14H23NO3. The molecule has 0 heterocycles. The Morgan fingerprint density at radius 1 is 1.28 bits per heavy atom. The number of likely N-dealkylation sites (N-methyl/N-ethyl adjacent to an activating group) is 1. The van der Waals surface area contributed by atoms with Gasteiger partial charge in [0.25, 0.3) is 0 Å². The minimum Gasteiger partial charge on any atom is -0.494 e. The minimum absolute atomic E-state index is 0.369. The quantitative estimate of drug-likeness (QED) is 0.763. The topological polar surface area (TPSA) is 41.9 Å². The SMILES string of the molecule is CCOc1ccc(CN(C)CC(O)COC)cc1. The molecule has 0 bridgehead atoms. The minimum atomic E-state index is -0.442. The smallest absolute Gasteiger partial charge is 0.119 e. The van der Waals surface area contributed by atoms with Gasteiger partial charge >= 0.3 is 0 Å². The van der Waals surface area contributed by atoms with Gasteiger partial charge in [-0.2, -0.15) is 0 Å². The molecule has 0 fully saturated rings. The van der Waals surface area contributed by atoms with E-state index in [4.69, 9.17) is 9.47 Å². The summed E-state index contributed by atoms with van der Waals surface area (Å²) in [5, 5.41) is 9.63. The summed E-state index contributed by atoms with van der Waals surface area (Å²) >= 11 is 0. The molecular weight excluding hydrogens is 230 g/mol. The van der Waals surface area contributed by atoms with Gasteiger partial charge in [0, 0.05) is 20.2 Å². The Morgan fingerprint density at radius 3 is 2.50 bits per heavy atom. The molecule has 1 aromatic carbocycles. The second-order valence-electron chi connectivity index (χ2n) is 4.38. The van der Waals surface area contributed by atoms with Gasteiger partial charge in [0.15, 0.2) is 0 Å². The van der Waals surface area contributed by atoms with Gasteiger partial charge in [-0.05, 0) is 31.7 Å². The maximum atomic E-state index is 9.63. The summed E-state index contributed by atoms with van der Waals surface area (Å²) in [6.45, 7) is 4.42. The normalized spacial score (nSPS) is 12.7. The van der Waals surface area contributed by atoms with E-state index in [-0.39, 0.29) is 0 Å². The van der Waals surface area contributed by atoms with E-state index in [1.54, 1.807) is 7.11 Å². The van der Waals surface area contributed by atoms with Gasteiger partial charge in [-0.3, -0.25) is 4.90 Å². The average molecular weight is 253 g/mol. The predicted octanol–water partition coefficient (Wildman–Crippen LogP) is 1.52. The molecule has 0 radical (unpaired) electrons. The Balaban J connectivity index is 2.41. The molecule has 0 amide bonds. The molecule has 1 aromatic rings. The zero-order valence-corrected chi connectivity index (χ0v) is 11.4. The highest BCUT2D eigenvalue weighted by molar-refractivity contribution is 5.27. The lowest BCUT2D eigenvalue weighted by atomic mass is 10.2. The molecule has 0 spiro atoms. The zero-order valence-electron chi connectivity index (χ0n) is 11.4. The first-order chi connectivity index (χ1) is 8.65. The van der Waals surface area contributed by atoms with E-state index < -0.39 is 6.10 Å². The maximum Gasteiger partial charge on any atom is 0.119 e. The predicted molar refractivity (Wildman–Crippen MR) is 71.8 cm³/mol. The Labute approximate surface area is 109 Å². The van der Waals surface area contributed by atoms with E-state index in [0.717, 1.165) is 12.3 Å². The van der Waals surface area contributed by atoms with Gasteiger partial charge in [-0.25, -0.2) is 0 Å². The van der Waals surface area contributed by atoms with E-state index >= 15 is 0 Å². The van der Waals surface area contributed by atoms with Gasteiger partial charge < -0.3 is 14.6 Å². The first kappa shape index (κ1) is 15.0. The second kappa shape index (κ2) is 8.08. The second-order valence-corrected chi connectivity index (χ2v) is 4.38. The molecule has 0 saturated carbocycles. The number of nitrogens with zero attached hydrogens (tertiary/aromatic N) is 1. The van der Waals surface area contributed by atoms with Crippen molar-refractivity contribution in [2.75, 3.05) is 33.9 Å². The van der Waals surface area contributed by atoms with E-state index in [2.05, 4.69) is 4.90 Å². The van der Waals surface area contributed by atoms with Crippen LogP contribution in [-0.2, 0) is 11.3 Å². The standard InChI is InChI=1S/C14H23NO3/c1-4-18-14-7-5-12(6-8-14)9-15(2)10-13(16)11-17-3/h5-8,13,16H,4,9-11H2,1-3H3. The third-order valence-corrected chi connectivity index (χ3v) is 2.57. The molecule has 0 aliphatic rings. The molecule has 1 atom stereocenters. The van der Waals surface area contributed by atoms with Gasteiger partial charge in [-0.15, -0.1) is 0 Å². The molecule has 0 aliphatic heterocycles. The van der Waals surface area contributed by atoms with Gasteiger partial charge in [-0.1, -0.05) is 12.1 Å². The van der Waals surface area contributed by atoms with Crippen molar-refractivity contribution >= 4 is 0 Å². The van der Waals surface area contributed by atoms with E-state index in [1.165, 1.54) is 5.56 Å². The molecule has 18 heavy (non-hydrogen) atoms. The van der Waals surface area contributed by atoms with Gasteiger partial charge in [0.1, 0.15) is 5.75 Å². The Hall–Kier alpha value is -1.10. The van der Waals surface area contributed by atoms with E-state index in [0.29, 0.717) is 19.8 Å². The third kappa shape index (κ3) is 5.49. The lowest BCUT2D eigenvalue weighted by molar-refractivity contribution is 0.0419. The summed E-state index contributed by atoms with van der Waals surface area (Å²) in [7, 11) is 3.57. The molecule has 0 aliphatic carbocycles. The molecule has 0 saturated heterocycles. The van der Waals surface area contributed by atoms with Gasteiger partial charge in [0.05, 0.1) is 19.3 Å². The molecule has 102 valence electrons. The number of hydrogen-bond donors (Lipinski definition) is 1. The van der Waals surface area contributed by atoms with Crippen LogP contribution < -0.4 is 4.74 Å².